The van der Waals surface area contributed by atoms with E-state index >= 15 is 0 Å². The van der Waals surface area contributed by atoms with Crippen LogP contribution in [0.25, 0.3) is 0 Å². The van der Waals surface area contributed by atoms with E-state index in [1.54, 1.807) is 0 Å². The summed E-state index contributed by atoms with van der Waals surface area (Å²) in [7, 11) is 4.28. The molecule has 1 N–H and O–H groups in total. The second-order valence-electron chi connectivity index (χ2n) is 5.29. The molecule has 1 aliphatic rings. The van der Waals surface area contributed by atoms with Crippen molar-refractivity contribution in [1.82, 2.24) is 15.1 Å². The molecule has 0 amide bonds. The van der Waals surface area contributed by atoms with Gasteiger partial charge in [0.2, 0.25) is 0 Å². The van der Waals surface area contributed by atoms with E-state index in [0.717, 1.165) is 6.54 Å². The van der Waals surface area contributed by atoms with Crippen molar-refractivity contribution in [1.29, 1.82) is 0 Å². The Morgan fingerprint density at radius 1 is 1.06 bits per heavy atom. The largest absolute Gasteiger partial charge is 0.320 e. The molecule has 1 rings (SSSR count). The van der Waals surface area contributed by atoms with Crippen molar-refractivity contribution < 1.29 is 0 Å². The van der Waals surface area contributed by atoms with E-state index in [-0.39, 0.29) is 0 Å². The van der Waals surface area contributed by atoms with E-state index < -0.39 is 0 Å². The average Bonchev–Trinajstić information content (AvgIpc) is 2.25. The molecule has 1 heterocycles. The molecule has 1 aliphatic heterocycles. The molecule has 0 aromatic carbocycles. The van der Waals surface area contributed by atoms with Crippen molar-refractivity contribution in [3.63, 3.8) is 0 Å². The minimum absolute atomic E-state index is 0.709. The van der Waals surface area contributed by atoms with Gasteiger partial charge in [0, 0.05) is 25.2 Å². The minimum atomic E-state index is 0.709. The molecular formula is C13H29N3. The van der Waals surface area contributed by atoms with Gasteiger partial charge in [-0.1, -0.05) is 6.42 Å². The summed E-state index contributed by atoms with van der Waals surface area (Å²) in [6, 6.07) is 1.42. The van der Waals surface area contributed by atoms with E-state index in [2.05, 4.69) is 36.0 Å². The summed E-state index contributed by atoms with van der Waals surface area (Å²) >= 11 is 0. The molecule has 1 saturated heterocycles. The zero-order valence-corrected chi connectivity index (χ0v) is 11.5. The minimum Gasteiger partial charge on any atom is -0.320 e. The molecule has 2 unspecified atom stereocenters. The van der Waals surface area contributed by atoms with Crippen LogP contribution >= 0.6 is 0 Å². The Hall–Kier alpha value is -0.120. The van der Waals surface area contributed by atoms with Crippen molar-refractivity contribution >= 4 is 0 Å². The van der Waals surface area contributed by atoms with Gasteiger partial charge in [0.1, 0.15) is 0 Å². The van der Waals surface area contributed by atoms with Gasteiger partial charge in [0.25, 0.3) is 0 Å². The van der Waals surface area contributed by atoms with Crippen LogP contribution < -0.4 is 5.32 Å². The van der Waals surface area contributed by atoms with Crippen LogP contribution in [0.2, 0.25) is 0 Å². The van der Waals surface area contributed by atoms with Crippen molar-refractivity contribution in [2.24, 2.45) is 0 Å². The quantitative estimate of drug-likeness (QED) is 0.692. The Labute approximate surface area is 101 Å². The van der Waals surface area contributed by atoms with Crippen LogP contribution in [-0.4, -0.2) is 62.2 Å². The van der Waals surface area contributed by atoms with E-state index in [1.807, 2.05) is 7.05 Å². The van der Waals surface area contributed by atoms with Gasteiger partial charge in [-0.3, -0.25) is 4.90 Å². The van der Waals surface area contributed by atoms with Gasteiger partial charge in [-0.05, 0) is 53.9 Å². The van der Waals surface area contributed by atoms with Gasteiger partial charge in [-0.25, -0.2) is 0 Å². The Morgan fingerprint density at radius 3 is 2.25 bits per heavy atom. The van der Waals surface area contributed by atoms with Gasteiger partial charge in [-0.2, -0.15) is 0 Å². The Kier molecular flexibility index (Phi) is 6.32. The molecule has 3 nitrogen and oxygen atoms in total. The standard InChI is InChI=1S/C13H29N3/c1-12-10-16(11-13(2)15(12)4)9-7-5-6-8-14-3/h12-14H,5-11H2,1-4H3. The number of unbranched alkanes of at least 4 members (excludes halogenated alkanes) is 2. The fraction of sp³-hybridized carbons (Fsp3) is 1.00. The summed E-state index contributed by atoms with van der Waals surface area (Å²) in [5.41, 5.74) is 0. The normalized spacial score (nSPS) is 28.5. The first-order chi connectivity index (χ1) is 7.65. The van der Waals surface area contributed by atoms with Crippen LogP contribution in [0, 0.1) is 0 Å². The van der Waals surface area contributed by atoms with Crippen LogP contribution in [0.3, 0.4) is 0 Å². The number of rotatable bonds is 6. The van der Waals surface area contributed by atoms with Crippen molar-refractivity contribution in [3.05, 3.63) is 0 Å². The number of piperazine rings is 1. The van der Waals surface area contributed by atoms with Crippen molar-refractivity contribution in [3.8, 4) is 0 Å². The molecule has 96 valence electrons. The van der Waals surface area contributed by atoms with Gasteiger partial charge in [0.15, 0.2) is 0 Å². The maximum Gasteiger partial charge on any atom is 0.0195 e. The Morgan fingerprint density at radius 2 is 1.69 bits per heavy atom. The molecule has 16 heavy (non-hydrogen) atoms. The van der Waals surface area contributed by atoms with E-state index in [1.165, 1.54) is 38.9 Å². The zero-order chi connectivity index (χ0) is 12.0. The predicted octanol–water partition coefficient (Wildman–Crippen LogP) is 1.40. The third-order valence-corrected chi connectivity index (χ3v) is 3.84. The summed E-state index contributed by atoms with van der Waals surface area (Å²) in [5, 5.41) is 3.21. The van der Waals surface area contributed by atoms with Crippen molar-refractivity contribution in [2.45, 2.75) is 45.2 Å². The number of hydrogen-bond acceptors (Lipinski definition) is 3. The maximum atomic E-state index is 3.21. The van der Waals surface area contributed by atoms with Gasteiger partial charge in [0.05, 0.1) is 0 Å². The lowest BCUT2D eigenvalue weighted by atomic mass is 10.1. The summed E-state index contributed by atoms with van der Waals surface area (Å²) in [5.74, 6) is 0. The number of hydrogen-bond donors (Lipinski definition) is 1. The Balaban J connectivity index is 2.13. The summed E-state index contributed by atoms with van der Waals surface area (Å²) < 4.78 is 0. The number of nitrogens with zero attached hydrogens (tertiary/aromatic N) is 2. The summed E-state index contributed by atoms with van der Waals surface area (Å²) in [6.07, 6.45) is 4.02. The zero-order valence-electron chi connectivity index (χ0n) is 11.5. The lowest BCUT2D eigenvalue weighted by Crippen LogP contribution is -2.54. The molecular weight excluding hydrogens is 198 g/mol. The average molecular weight is 227 g/mol. The number of nitrogens with one attached hydrogen (secondary N) is 1. The smallest absolute Gasteiger partial charge is 0.0195 e. The van der Waals surface area contributed by atoms with E-state index in [0.29, 0.717) is 12.1 Å². The third-order valence-electron chi connectivity index (χ3n) is 3.84. The predicted molar refractivity (Wildman–Crippen MR) is 70.9 cm³/mol. The molecule has 2 atom stereocenters. The van der Waals surface area contributed by atoms with Crippen LogP contribution in [0.15, 0.2) is 0 Å². The first kappa shape index (κ1) is 13.9. The maximum absolute atomic E-state index is 3.21. The van der Waals surface area contributed by atoms with Crippen LogP contribution in [0.1, 0.15) is 33.1 Å². The molecule has 0 bridgehead atoms. The van der Waals surface area contributed by atoms with Gasteiger partial charge >= 0.3 is 0 Å². The van der Waals surface area contributed by atoms with E-state index in [9.17, 15) is 0 Å². The van der Waals surface area contributed by atoms with Crippen LogP contribution in [0.5, 0.6) is 0 Å². The summed E-state index contributed by atoms with van der Waals surface area (Å²) in [4.78, 5) is 5.13. The molecule has 0 spiro atoms. The first-order valence-electron chi connectivity index (χ1n) is 6.74. The fourth-order valence-electron chi connectivity index (χ4n) is 2.51. The molecule has 0 radical (unpaired) electrons. The highest BCUT2D eigenvalue weighted by Gasteiger charge is 2.25. The second kappa shape index (κ2) is 7.25. The molecule has 3 heteroatoms. The Bertz CT molecular complexity index is 172. The van der Waals surface area contributed by atoms with Crippen LogP contribution in [-0.2, 0) is 0 Å². The van der Waals surface area contributed by atoms with Gasteiger partial charge in [-0.15, -0.1) is 0 Å². The highest BCUT2D eigenvalue weighted by Crippen LogP contribution is 2.13. The lowest BCUT2D eigenvalue weighted by molar-refractivity contribution is 0.0591. The lowest BCUT2D eigenvalue weighted by Gasteiger charge is -2.42. The molecule has 0 aromatic heterocycles. The molecule has 0 saturated carbocycles. The second-order valence-corrected chi connectivity index (χ2v) is 5.29. The first-order valence-corrected chi connectivity index (χ1v) is 6.74. The SMILES string of the molecule is CNCCCCCN1CC(C)N(C)C(C)C1. The molecule has 0 aliphatic carbocycles. The number of likely N-dealkylation sites (N-methyl/N-ethyl adjacent to an activating group) is 1. The highest BCUT2D eigenvalue weighted by molar-refractivity contribution is 4.82. The molecule has 0 aromatic rings. The highest BCUT2D eigenvalue weighted by atomic mass is 15.3. The van der Waals surface area contributed by atoms with E-state index in [4.69, 9.17) is 0 Å². The summed E-state index contributed by atoms with van der Waals surface area (Å²) in [6.45, 7) is 9.61. The molecule has 1 fully saturated rings. The monoisotopic (exact) mass is 227 g/mol. The van der Waals surface area contributed by atoms with Crippen LogP contribution in [0.4, 0.5) is 0 Å². The fourth-order valence-corrected chi connectivity index (χ4v) is 2.51. The third kappa shape index (κ3) is 4.40. The van der Waals surface area contributed by atoms with Crippen molar-refractivity contribution in [2.75, 3.05) is 40.3 Å². The van der Waals surface area contributed by atoms with Gasteiger partial charge < -0.3 is 10.2 Å². The topological polar surface area (TPSA) is 18.5 Å².